The van der Waals surface area contributed by atoms with Gasteiger partial charge in [-0.1, -0.05) is 42.3 Å². The van der Waals surface area contributed by atoms with Crippen molar-refractivity contribution >= 4 is 29.1 Å². The molecule has 0 radical (unpaired) electrons. The lowest BCUT2D eigenvalue weighted by Crippen LogP contribution is -2.58. The normalized spacial score (nSPS) is 28.1. The summed E-state index contributed by atoms with van der Waals surface area (Å²) in [4.78, 5) is 19.6. The Kier molecular flexibility index (Phi) is 6.11. The number of rotatable bonds is 5. The van der Waals surface area contributed by atoms with Crippen molar-refractivity contribution in [2.75, 3.05) is 0 Å². The standard InChI is InChI=1S/C22H24Cl2N2O3/c1-3-19(22-28-13(2)29-22)26-20(27)10-8-17(14-5-4-6-15(23)11-14)21(26)18-9-7-16(24)12-25-18/h4-7,9,11-13,17,19,21-22H,3,8,10H2,1-2H3/t13?,17-,19+,21+,22?/m1/s1. The fraction of sp³-hybridized carbons (Fsp3) is 0.455. The molecule has 2 aliphatic heterocycles. The first-order chi connectivity index (χ1) is 14.0. The van der Waals surface area contributed by atoms with E-state index in [0.29, 0.717) is 16.5 Å². The van der Waals surface area contributed by atoms with Gasteiger partial charge in [-0.3, -0.25) is 9.78 Å². The predicted molar refractivity (Wildman–Crippen MR) is 112 cm³/mol. The quantitative estimate of drug-likeness (QED) is 0.637. The minimum Gasteiger partial charge on any atom is -0.325 e. The van der Waals surface area contributed by atoms with Crippen molar-refractivity contribution in [3.8, 4) is 0 Å². The molecule has 29 heavy (non-hydrogen) atoms. The van der Waals surface area contributed by atoms with Gasteiger partial charge in [-0.05, 0) is 49.6 Å². The highest BCUT2D eigenvalue weighted by Gasteiger charge is 2.46. The molecular weight excluding hydrogens is 411 g/mol. The third kappa shape index (κ3) is 4.15. The fourth-order valence-electron chi connectivity index (χ4n) is 4.39. The Morgan fingerprint density at radius 1 is 1.21 bits per heavy atom. The van der Waals surface area contributed by atoms with Gasteiger partial charge in [-0.2, -0.15) is 0 Å². The number of hydrogen-bond donors (Lipinski definition) is 0. The molecular formula is C22H24Cl2N2O3. The van der Waals surface area contributed by atoms with Crippen molar-refractivity contribution < 1.29 is 14.3 Å². The van der Waals surface area contributed by atoms with Crippen LogP contribution in [-0.4, -0.2) is 34.4 Å². The number of amides is 1. The van der Waals surface area contributed by atoms with E-state index in [0.717, 1.165) is 24.1 Å². The molecule has 1 amide bonds. The Bertz CT molecular complexity index is 871. The SMILES string of the molecule is CC[C@@H](C1OC(C)O1)N1C(=O)CC[C@H](c2cccc(Cl)c2)[C@H]1c1ccc(Cl)cn1. The summed E-state index contributed by atoms with van der Waals surface area (Å²) in [5.41, 5.74) is 1.90. The zero-order chi connectivity index (χ0) is 20.5. The molecule has 2 aromatic rings. The van der Waals surface area contributed by atoms with E-state index in [9.17, 15) is 4.79 Å². The number of piperidine rings is 1. The highest BCUT2D eigenvalue weighted by molar-refractivity contribution is 6.30. The van der Waals surface area contributed by atoms with Crippen molar-refractivity contribution in [1.29, 1.82) is 0 Å². The molecule has 2 saturated heterocycles. The molecule has 2 fully saturated rings. The molecule has 3 heterocycles. The van der Waals surface area contributed by atoms with Gasteiger partial charge in [-0.25, -0.2) is 0 Å². The molecule has 0 spiro atoms. The number of ether oxygens (including phenoxy) is 2. The molecule has 2 aliphatic rings. The van der Waals surface area contributed by atoms with Crippen LogP contribution in [0.1, 0.15) is 56.3 Å². The first-order valence-corrected chi connectivity index (χ1v) is 10.7. The van der Waals surface area contributed by atoms with Gasteiger partial charge >= 0.3 is 0 Å². The molecule has 1 aromatic heterocycles. The average Bonchev–Trinajstić information content (AvgIpc) is 2.68. The van der Waals surface area contributed by atoms with Gasteiger partial charge in [0.05, 0.1) is 22.8 Å². The summed E-state index contributed by atoms with van der Waals surface area (Å²) in [6.07, 6.45) is 2.86. The van der Waals surface area contributed by atoms with Gasteiger partial charge in [0.15, 0.2) is 12.6 Å². The molecule has 0 aliphatic carbocycles. The van der Waals surface area contributed by atoms with Crippen LogP contribution in [-0.2, 0) is 14.3 Å². The van der Waals surface area contributed by atoms with Gasteiger partial charge in [-0.15, -0.1) is 0 Å². The van der Waals surface area contributed by atoms with Crippen LogP contribution >= 0.6 is 23.2 Å². The molecule has 0 N–H and O–H groups in total. The van der Waals surface area contributed by atoms with E-state index in [1.807, 2.05) is 49.1 Å². The van der Waals surface area contributed by atoms with Crippen LogP contribution in [0.2, 0.25) is 10.0 Å². The fourth-order valence-corrected chi connectivity index (χ4v) is 4.70. The molecule has 5 nitrogen and oxygen atoms in total. The van der Waals surface area contributed by atoms with Crippen molar-refractivity contribution in [1.82, 2.24) is 9.88 Å². The molecule has 0 unspecified atom stereocenters. The van der Waals surface area contributed by atoms with E-state index >= 15 is 0 Å². The van der Waals surface area contributed by atoms with Gasteiger partial charge in [0.2, 0.25) is 5.91 Å². The number of nitrogens with zero attached hydrogens (tertiary/aromatic N) is 2. The van der Waals surface area contributed by atoms with E-state index in [-0.39, 0.29) is 30.2 Å². The second-order valence-corrected chi connectivity index (χ2v) is 8.40. The van der Waals surface area contributed by atoms with Crippen LogP contribution in [0.4, 0.5) is 0 Å². The number of benzene rings is 1. The lowest BCUT2D eigenvalue weighted by Gasteiger charge is -2.49. The minimum absolute atomic E-state index is 0.0617. The number of hydrogen-bond acceptors (Lipinski definition) is 4. The van der Waals surface area contributed by atoms with E-state index in [1.54, 1.807) is 6.20 Å². The molecule has 1 aromatic carbocycles. The lowest BCUT2D eigenvalue weighted by molar-refractivity contribution is -0.391. The van der Waals surface area contributed by atoms with Crippen LogP contribution in [0.5, 0.6) is 0 Å². The van der Waals surface area contributed by atoms with Crippen molar-refractivity contribution in [3.63, 3.8) is 0 Å². The Morgan fingerprint density at radius 2 is 2.00 bits per heavy atom. The topological polar surface area (TPSA) is 51.7 Å². The highest BCUT2D eigenvalue weighted by atomic mass is 35.5. The Morgan fingerprint density at radius 3 is 2.62 bits per heavy atom. The summed E-state index contributed by atoms with van der Waals surface area (Å²) in [6, 6.07) is 11.1. The average molecular weight is 435 g/mol. The summed E-state index contributed by atoms with van der Waals surface area (Å²) in [5.74, 6) is 0.148. The van der Waals surface area contributed by atoms with Gasteiger partial charge in [0, 0.05) is 23.6 Å². The van der Waals surface area contributed by atoms with E-state index in [2.05, 4.69) is 11.1 Å². The number of aromatic nitrogens is 1. The molecule has 0 bridgehead atoms. The Balaban J connectivity index is 1.77. The van der Waals surface area contributed by atoms with Gasteiger partial charge in [0.25, 0.3) is 0 Å². The zero-order valence-electron chi connectivity index (χ0n) is 16.4. The molecule has 154 valence electrons. The number of pyridine rings is 1. The largest absolute Gasteiger partial charge is 0.325 e. The second-order valence-electron chi connectivity index (χ2n) is 7.53. The van der Waals surface area contributed by atoms with Gasteiger partial charge < -0.3 is 14.4 Å². The molecule has 4 rings (SSSR count). The minimum atomic E-state index is -0.424. The van der Waals surface area contributed by atoms with Crippen LogP contribution in [0.3, 0.4) is 0 Å². The van der Waals surface area contributed by atoms with E-state index in [1.165, 1.54) is 0 Å². The maximum atomic E-state index is 13.2. The maximum Gasteiger partial charge on any atom is 0.223 e. The smallest absolute Gasteiger partial charge is 0.223 e. The first-order valence-electron chi connectivity index (χ1n) is 9.97. The zero-order valence-corrected chi connectivity index (χ0v) is 17.9. The van der Waals surface area contributed by atoms with Crippen molar-refractivity contribution in [2.45, 2.75) is 63.7 Å². The number of carbonyl (C=O) groups is 1. The van der Waals surface area contributed by atoms with Crippen LogP contribution in [0.15, 0.2) is 42.6 Å². The van der Waals surface area contributed by atoms with Crippen LogP contribution < -0.4 is 0 Å². The van der Waals surface area contributed by atoms with Gasteiger partial charge in [0.1, 0.15) is 0 Å². The van der Waals surface area contributed by atoms with Crippen molar-refractivity contribution in [3.05, 3.63) is 63.9 Å². The van der Waals surface area contributed by atoms with E-state index in [4.69, 9.17) is 32.7 Å². The maximum absolute atomic E-state index is 13.2. The first kappa shape index (κ1) is 20.6. The summed E-state index contributed by atoms with van der Waals surface area (Å²) in [6.45, 7) is 3.90. The van der Waals surface area contributed by atoms with E-state index < -0.39 is 6.29 Å². The summed E-state index contributed by atoms with van der Waals surface area (Å²) in [5, 5.41) is 1.24. The summed E-state index contributed by atoms with van der Waals surface area (Å²) >= 11 is 12.4. The Hall–Kier alpha value is -1.66. The third-order valence-electron chi connectivity index (χ3n) is 5.71. The highest BCUT2D eigenvalue weighted by Crippen LogP contribution is 2.45. The lowest BCUT2D eigenvalue weighted by atomic mass is 9.80. The number of likely N-dealkylation sites (tertiary alicyclic amines) is 1. The number of carbonyl (C=O) groups excluding carboxylic acids is 1. The predicted octanol–water partition coefficient (Wildman–Crippen LogP) is 5.33. The second kappa shape index (κ2) is 8.60. The van der Waals surface area contributed by atoms with Crippen LogP contribution in [0, 0.1) is 0 Å². The monoisotopic (exact) mass is 434 g/mol. The third-order valence-corrected chi connectivity index (χ3v) is 6.17. The van der Waals surface area contributed by atoms with Crippen LogP contribution in [0.25, 0.3) is 0 Å². The molecule has 7 heteroatoms. The summed E-state index contributed by atoms with van der Waals surface area (Å²) < 4.78 is 11.6. The van der Waals surface area contributed by atoms with Crippen molar-refractivity contribution in [2.24, 2.45) is 0 Å². The summed E-state index contributed by atoms with van der Waals surface area (Å²) in [7, 11) is 0. The number of halogens is 2. The molecule has 3 atom stereocenters. The Labute approximate surface area is 180 Å². The molecule has 0 saturated carbocycles.